The Hall–Kier alpha value is -0.490. The van der Waals surface area contributed by atoms with E-state index in [1.807, 2.05) is 5.51 Å². The topological polar surface area (TPSA) is 46.2 Å². The molecule has 1 aliphatic rings. The van der Waals surface area contributed by atoms with Crippen LogP contribution in [0.4, 0.5) is 0 Å². The fraction of sp³-hybridized carbons (Fsp3) is 0.769. The van der Waals surface area contributed by atoms with Crippen molar-refractivity contribution < 1.29 is 4.74 Å². The lowest BCUT2D eigenvalue weighted by Crippen LogP contribution is -2.40. The highest BCUT2D eigenvalue weighted by Gasteiger charge is 2.26. The van der Waals surface area contributed by atoms with E-state index in [-0.39, 0.29) is 0 Å². The van der Waals surface area contributed by atoms with Crippen molar-refractivity contribution in [3.8, 4) is 0 Å². The number of aromatic nitrogens is 1. The molecule has 102 valence electrons. The van der Waals surface area contributed by atoms with Crippen LogP contribution in [0, 0.1) is 5.92 Å². The lowest BCUT2D eigenvalue weighted by molar-refractivity contribution is 0.182. The largest absolute Gasteiger partial charge is 0.379 e. The quantitative estimate of drug-likeness (QED) is 0.698. The highest BCUT2D eigenvalue weighted by molar-refractivity contribution is 7.07. The molecule has 1 fully saturated rings. The SMILES string of the molecule is CCCNC1COCC1CNCCc1cscn1. The maximum atomic E-state index is 5.56. The molecular weight excluding hydrogens is 246 g/mol. The monoisotopic (exact) mass is 269 g/mol. The summed E-state index contributed by atoms with van der Waals surface area (Å²) in [6.07, 6.45) is 2.20. The molecule has 0 aliphatic carbocycles. The molecule has 1 aromatic rings. The Balaban J connectivity index is 1.60. The Morgan fingerprint density at radius 1 is 1.44 bits per heavy atom. The fourth-order valence-electron chi connectivity index (χ4n) is 2.22. The lowest BCUT2D eigenvalue weighted by Gasteiger charge is -2.19. The van der Waals surface area contributed by atoms with Gasteiger partial charge in [0.1, 0.15) is 0 Å². The van der Waals surface area contributed by atoms with Crippen LogP contribution >= 0.6 is 11.3 Å². The number of thiazole rings is 1. The van der Waals surface area contributed by atoms with E-state index < -0.39 is 0 Å². The molecular formula is C13H23N3OS. The molecule has 1 saturated heterocycles. The molecule has 0 radical (unpaired) electrons. The molecule has 0 aromatic carbocycles. The molecule has 2 heterocycles. The van der Waals surface area contributed by atoms with Crippen LogP contribution in [-0.4, -0.2) is 43.9 Å². The maximum Gasteiger partial charge on any atom is 0.0794 e. The Morgan fingerprint density at radius 3 is 3.17 bits per heavy atom. The van der Waals surface area contributed by atoms with Crippen molar-refractivity contribution in [3.05, 3.63) is 16.6 Å². The van der Waals surface area contributed by atoms with Gasteiger partial charge in [-0.3, -0.25) is 0 Å². The lowest BCUT2D eigenvalue weighted by atomic mass is 10.0. The van der Waals surface area contributed by atoms with Crippen molar-refractivity contribution in [2.75, 3.05) is 32.8 Å². The fourth-order valence-corrected chi connectivity index (χ4v) is 2.81. The molecule has 0 amide bonds. The van der Waals surface area contributed by atoms with Gasteiger partial charge in [0.2, 0.25) is 0 Å². The van der Waals surface area contributed by atoms with Crippen LogP contribution in [0.25, 0.3) is 0 Å². The van der Waals surface area contributed by atoms with Gasteiger partial charge >= 0.3 is 0 Å². The van der Waals surface area contributed by atoms with Gasteiger partial charge in [0, 0.05) is 36.9 Å². The van der Waals surface area contributed by atoms with Crippen LogP contribution < -0.4 is 10.6 Å². The summed E-state index contributed by atoms with van der Waals surface area (Å²) in [5, 5.41) is 9.19. The molecule has 2 atom stereocenters. The van der Waals surface area contributed by atoms with Gasteiger partial charge in [0.05, 0.1) is 24.4 Å². The zero-order valence-electron chi connectivity index (χ0n) is 11.0. The molecule has 0 bridgehead atoms. The zero-order chi connectivity index (χ0) is 12.6. The third-order valence-corrected chi connectivity index (χ3v) is 3.94. The van der Waals surface area contributed by atoms with E-state index >= 15 is 0 Å². The first-order valence-electron chi connectivity index (χ1n) is 6.79. The van der Waals surface area contributed by atoms with E-state index in [2.05, 4.69) is 27.9 Å². The number of hydrogen-bond donors (Lipinski definition) is 2. The average molecular weight is 269 g/mol. The molecule has 5 heteroatoms. The molecule has 1 aliphatic heterocycles. The summed E-state index contributed by atoms with van der Waals surface area (Å²) in [5.41, 5.74) is 3.08. The molecule has 2 N–H and O–H groups in total. The smallest absolute Gasteiger partial charge is 0.0794 e. The molecule has 0 spiro atoms. The van der Waals surface area contributed by atoms with Crippen LogP contribution in [0.15, 0.2) is 10.9 Å². The van der Waals surface area contributed by atoms with E-state index in [9.17, 15) is 0 Å². The molecule has 2 rings (SSSR count). The van der Waals surface area contributed by atoms with E-state index in [0.29, 0.717) is 12.0 Å². The Kier molecular flexibility index (Phi) is 6.07. The number of nitrogens with one attached hydrogen (secondary N) is 2. The number of ether oxygens (including phenoxy) is 1. The number of hydrogen-bond acceptors (Lipinski definition) is 5. The Bertz CT molecular complexity index is 318. The highest BCUT2D eigenvalue weighted by Crippen LogP contribution is 2.12. The second-order valence-corrected chi connectivity index (χ2v) is 5.51. The van der Waals surface area contributed by atoms with Crippen molar-refractivity contribution in [1.82, 2.24) is 15.6 Å². The minimum atomic E-state index is 0.525. The third-order valence-electron chi connectivity index (χ3n) is 3.30. The summed E-state index contributed by atoms with van der Waals surface area (Å²) in [6.45, 7) is 7.06. The number of nitrogens with zero attached hydrogens (tertiary/aromatic N) is 1. The van der Waals surface area contributed by atoms with Crippen LogP contribution in [0.2, 0.25) is 0 Å². The Labute approximate surface area is 113 Å². The van der Waals surface area contributed by atoms with Crippen LogP contribution in [0.3, 0.4) is 0 Å². The van der Waals surface area contributed by atoms with Gasteiger partial charge in [-0.05, 0) is 13.0 Å². The van der Waals surface area contributed by atoms with Gasteiger partial charge in [-0.2, -0.15) is 0 Å². The first-order valence-corrected chi connectivity index (χ1v) is 7.73. The molecule has 4 nitrogen and oxygen atoms in total. The normalized spacial score (nSPS) is 23.6. The van der Waals surface area contributed by atoms with Gasteiger partial charge in [-0.15, -0.1) is 11.3 Å². The molecule has 0 saturated carbocycles. The summed E-state index contributed by atoms with van der Waals surface area (Å²) >= 11 is 1.66. The zero-order valence-corrected chi connectivity index (χ0v) is 11.8. The van der Waals surface area contributed by atoms with Gasteiger partial charge in [0.25, 0.3) is 0 Å². The highest BCUT2D eigenvalue weighted by atomic mass is 32.1. The predicted molar refractivity (Wildman–Crippen MR) is 75.1 cm³/mol. The average Bonchev–Trinajstić information content (AvgIpc) is 3.03. The second kappa shape index (κ2) is 7.84. The second-order valence-electron chi connectivity index (χ2n) is 4.79. The molecule has 18 heavy (non-hydrogen) atoms. The van der Waals surface area contributed by atoms with E-state index in [4.69, 9.17) is 4.74 Å². The molecule has 1 aromatic heterocycles. The predicted octanol–water partition coefficient (Wildman–Crippen LogP) is 1.29. The van der Waals surface area contributed by atoms with Gasteiger partial charge in [-0.1, -0.05) is 6.92 Å². The first kappa shape index (κ1) is 13.9. The van der Waals surface area contributed by atoms with Crippen LogP contribution in [0.5, 0.6) is 0 Å². The summed E-state index contributed by atoms with van der Waals surface area (Å²) in [6, 6.07) is 0.525. The van der Waals surface area contributed by atoms with E-state index in [1.54, 1.807) is 11.3 Å². The third kappa shape index (κ3) is 4.31. The molecule has 2 unspecified atom stereocenters. The van der Waals surface area contributed by atoms with Crippen molar-refractivity contribution in [2.45, 2.75) is 25.8 Å². The van der Waals surface area contributed by atoms with Crippen LogP contribution in [0.1, 0.15) is 19.0 Å². The van der Waals surface area contributed by atoms with Gasteiger partial charge in [0.15, 0.2) is 0 Å². The van der Waals surface area contributed by atoms with Crippen molar-refractivity contribution in [2.24, 2.45) is 5.92 Å². The maximum absolute atomic E-state index is 5.56. The summed E-state index contributed by atoms with van der Waals surface area (Å²) in [4.78, 5) is 4.28. The van der Waals surface area contributed by atoms with Crippen LogP contribution in [-0.2, 0) is 11.2 Å². The summed E-state index contributed by atoms with van der Waals surface area (Å²) in [7, 11) is 0. The first-order chi connectivity index (χ1) is 8.90. The van der Waals surface area contributed by atoms with Crippen molar-refractivity contribution in [1.29, 1.82) is 0 Å². The van der Waals surface area contributed by atoms with Gasteiger partial charge in [-0.25, -0.2) is 4.98 Å². The summed E-state index contributed by atoms with van der Waals surface area (Å²) in [5.74, 6) is 0.604. The van der Waals surface area contributed by atoms with Crippen molar-refractivity contribution >= 4 is 11.3 Å². The Morgan fingerprint density at radius 2 is 2.39 bits per heavy atom. The summed E-state index contributed by atoms with van der Waals surface area (Å²) < 4.78 is 5.56. The van der Waals surface area contributed by atoms with Crippen molar-refractivity contribution in [3.63, 3.8) is 0 Å². The van der Waals surface area contributed by atoms with E-state index in [1.165, 1.54) is 12.1 Å². The standard InChI is InChI=1S/C13H23N3OS/c1-2-4-15-13-8-17-7-11(13)6-14-5-3-12-9-18-10-16-12/h9-11,13-15H,2-8H2,1H3. The number of rotatable bonds is 8. The minimum Gasteiger partial charge on any atom is -0.379 e. The minimum absolute atomic E-state index is 0.525. The van der Waals surface area contributed by atoms with E-state index in [0.717, 1.165) is 39.3 Å². The van der Waals surface area contributed by atoms with Gasteiger partial charge < -0.3 is 15.4 Å².